The standard InChI is InChI=1S/C38H48NO9P/c1-22(2)39-27-7-5-6-24(17-27)16-23-8-10-25(11-9-23)35-47-33-19-30-29-13-12-26-18-28(40)14-15-36(26,3)34(29)31(41)20-37(30,4)38(33,48-35)32(42)21-46-49(43,44)45/h5-11,14-15,17-18,22,28-31,33-35,39-41H,12-13,16,19-21H2,1-4H3,(H2,43,44,45)/t28?,29-,30-,31-,33+,34+,35+,36-,37-,38+/m0/s1. The molecule has 3 saturated carbocycles. The average molecular weight is 694 g/mol. The van der Waals surface area contributed by atoms with Crippen molar-refractivity contribution < 1.29 is 43.4 Å². The maximum Gasteiger partial charge on any atom is 0.470 e. The van der Waals surface area contributed by atoms with E-state index >= 15 is 0 Å². The molecule has 1 saturated heterocycles. The number of allylic oxidation sites excluding steroid dienone is 2. The topological polar surface area (TPSA) is 155 Å². The van der Waals surface area contributed by atoms with Gasteiger partial charge in [-0.25, -0.2) is 4.57 Å². The number of Topliss-reactive ketones (excluding diaryl/α,β-unsaturated/α-hetero) is 1. The summed E-state index contributed by atoms with van der Waals surface area (Å²) < 4.78 is 29.9. The molecule has 264 valence electrons. The first-order valence-corrected chi connectivity index (χ1v) is 18.9. The highest BCUT2D eigenvalue weighted by Crippen LogP contribution is 2.70. The van der Waals surface area contributed by atoms with Gasteiger partial charge in [0, 0.05) is 34.0 Å². The highest BCUT2D eigenvalue weighted by molar-refractivity contribution is 7.46. The number of nitrogens with one attached hydrogen (secondary N) is 1. The van der Waals surface area contributed by atoms with E-state index in [1.807, 2.05) is 49.4 Å². The third-order valence-corrected chi connectivity index (χ3v) is 12.6. The number of aliphatic hydroxyl groups is 2. The molecule has 7 rings (SSSR count). The molecular formula is C38H48NO9P. The van der Waals surface area contributed by atoms with Gasteiger partial charge in [0.15, 0.2) is 17.7 Å². The third kappa shape index (κ3) is 5.98. The molecule has 2 aromatic carbocycles. The van der Waals surface area contributed by atoms with Gasteiger partial charge in [0.25, 0.3) is 0 Å². The summed E-state index contributed by atoms with van der Waals surface area (Å²) in [6.45, 7) is 7.47. The molecular weight excluding hydrogens is 645 g/mol. The fourth-order valence-corrected chi connectivity index (χ4v) is 10.5. The minimum atomic E-state index is -4.95. The smallest absolute Gasteiger partial charge is 0.393 e. The number of phosphoric ester groups is 1. The number of ketones is 1. The van der Waals surface area contributed by atoms with E-state index < -0.39 is 61.2 Å². The van der Waals surface area contributed by atoms with Crippen LogP contribution in [0, 0.1) is 28.6 Å². The van der Waals surface area contributed by atoms with Crippen LogP contribution in [0.25, 0.3) is 0 Å². The van der Waals surface area contributed by atoms with Gasteiger partial charge in [-0.3, -0.25) is 9.32 Å². The molecule has 4 fully saturated rings. The summed E-state index contributed by atoms with van der Waals surface area (Å²) >= 11 is 0. The molecule has 5 N–H and O–H groups in total. The van der Waals surface area contributed by atoms with Crippen molar-refractivity contribution in [3.05, 3.63) is 89.0 Å². The van der Waals surface area contributed by atoms with Crippen molar-refractivity contribution in [2.45, 2.75) is 96.0 Å². The average Bonchev–Trinajstić information content (AvgIpc) is 3.53. The molecule has 0 amide bonds. The zero-order valence-electron chi connectivity index (χ0n) is 28.5. The first-order valence-electron chi connectivity index (χ1n) is 17.4. The number of rotatable bonds is 9. The van der Waals surface area contributed by atoms with Crippen molar-refractivity contribution in [3.8, 4) is 0 Å². The molecule has 1 aliphatic heterocycles. The summed E-state index contributed by atoms with van der Waals surface area (Å²) in [4.78, 5) is 33.3. The number of anilines is 1. The molecule has 0 bridgehead atoms. The SMILES string of the molecule is CC(C)Nc1cccc(Cc2ccc([C@@H]3O[C@@H]4C[C@H]5[C@@H]6CCC7=CC(O)C=C[C@]7(C)[C@H]6[C@@H](O)C[C@]5(C)[C@]4(C(=O)COP(=O)(O)O)O3)cc2)c1. The van der Waals surface area contributed by atoms with E-state index in [1.54, 1.807) is 6.08 Å². The number of benzene rings is 2. The molecule has 0 radical (unpaired) electrons. The van der Waals surface area contributed by atoms with Crippen molar-refractivity contribution in [1.29, 1.82) is 0 Å². The summed E-state index contributed by atoms with van der Waals surface area (Å²) in [6.07, 6.45) is 5.72. The quantitative estimate of drug-likeness (QED) is 0.165. The monoisotopic (exact) mass is 693 g/mol. The Morgan fingerprint density at radius 1 is 1.10 bits per heavy atom. The van der Waals surface area contributed by atoms with Gasteiger partial charge in [0.2, 0.25) is 0 Å². The molecule has 5 aliphatic rings. The number of fused-ring (bicyclic) bond motifs is 7. The van der Waals surface area contributed by atoms with Crippen LogP contribution in [0.5, 0.6) is 0 Å². The van der Waals surface area contributed by atoms with Crippen LogP contribution in [0.15, 0.2) is 72.3 Å². The summed E-state index contributed by atoms with van der Waals surface area (Å²) in [6, 6.07) is 16.6. The number of carbonyl (C=O) groups is 1. The molecule has 1 unspecified atom stereocenters. The van der Waals surface area contributed by atoms with Gasteiger partial charge < -0.3 is 34.8 Å². The highest BCUT2D eigenvalue weighted by Gasteiger charge is 2.76. The van der Waals surface area contributed by atoms with Gasteiger partial charge in [0.05, 0.1) is 18.3 Å². The molecule has 49 heavy (non-hydrogen) atoms. The lowest BCUT2D eigenvalue weighted by atomic mass is 9.46. The Hall–Kier alpha value is -2.66. The second kappa shape index (κ2) is 12.5. The van der Waals surface area contributed by atoms with Gasteiger partial charge in [0.1, 0.15) is 6.61 Å². The fourth-order valence-electron chi connectivity index (χ4n) is 10.2. The summed E-state index contributed by atoms with van der Waals surface area (Å²) in [5.41, 5.74) is 2.29. The number of hydrogen-bond acceptors (Lipinski definition) is 8. The van der Waals surface area contributed by atoms with Crippen LogP contribution in [0.2, 0.25) is 0 Å². The van der Waals surface area contributed by atoms with Crippen LogP contribution in [-0.4, -0.2) is 62.3 Å². The van der Waals surface area contributed by atoms with Crippen LogP contribution in [0.1, 0.15) is 76.4 Å². The maximum atomic E-state index is 14.3. The van der Waals surface area contributed by atoms with E-state index in [0.29, 0.717) is 12.5 Å². The molecule has 10 nitrogen and oxygen atoms in total. The van der Waals surface area contributed by atoms with Crippen molar-refractivity contribution in [2.75, 3.05) is 11.9 Å². The molecule has 0 spiro atoms. The van der Waals surface area contributed by atoms with Crippen molar-refractivity contribution in [2.24, 2.45) is 28.6 Å². The van der Waals surface area contributed by atoms with Crippen LogP contribution < -0.4 is 5.32 Å². The number of aliphatic hydroxyl groups excluding tert-OH is 2. The largest absolute Gasteiger partial charge is 0.470 e. The Balaban J connectivity index is 1.17. The lowest BCUT2D eigenvalue weighted by molar-refractivity contribution is -0.201. The number of phosphoric acid groups is 1. The predicted octanol–water partition coefficient (Wildman–Crippen LogP) is 5.61. The maximum absolute atomic E-state index is 14.3. The van der Waals surface area contributed by atoms with Gasteiger partial charge >= 0.3 is 7.82 Å². The minimum absolute atomic E-state index is 0.0351. The molecule has 0 aromatic heterocycles. The molecule has 10 atom stereocenters. The molecule has 4 aliphatic carbocycles. The summed E-state index contributed by atoms with van der Waals surface area (Å²) in [5.74, 6) is -0.744. The van der Waals surface area contributed by atoms with E-state index in [1.165, 1.54) is 5.56 Å². The van der Waals surface area contributed by atoms with Crippen LogP contribution in [-0.2, 0) is 29.8 Å². The zero-order chi connectivity index (χ0) is 34.9. The number of hydrogen-bond donors (Lipinski definition) is 5. The van der Waals surface area contributed by atoms with E-state index in [9.17, 15) is 29.4 Å². The Morgan fingerprint density at radius 2 is 1.86 bits per heavy atom. The second-order valence-corrected chi connectivity index (χ2v) is 16.7. The Morgan fingerprint density at radius 3 is 2.57 bits per heavy atom. The number of ether oxygens (including phenoxy) is 2. The van der Waals surface area contributed by atoms with Gasteiger partial charge in [-0.05, 0) is 81.0 Å². The van der Waals surface area contributed by atoms with Gasteiger partial charge in [-0.2, -0.15) is 0 Å². The highest BCUT2D eigenvalue weighted by atomic mass is 31.2. The second-order valence-electron chi connectivity index (χ2n) is 15.5. The third-order valence-electron chi connectivity index (χ3n) is 12.2. The Labute approximate surface area is 287 Å². The van der Waals surface area contributed by atoms with Gasteiger partial charge in [-0.15, -0.1) is 0 Å². The zero-order valence-corrected chi connectivity index (χ0v) is 29.4. The van der Waals surface area contributed by atoms with Crippen LogP contribution >= 0.6 is 7.82 Å². The summed E-state index contributed by atoms with van der Waals surface area (Å²) in [7, 11) is -4.95. The first-order chi connectivity index (χ1) is 23.1. The van der Waals surface area contributed by atoms with Crippen LogP contribution in [0.4, 0.5) is 5.69 Å². The molecule has 1 heterocycles. The lowest BCUT2D eigenvalue weighted by Gasteiger charge is -2.60. The fraction of sp³-hybridized carbons (Fsp3) is 0.553. The van der Waals surface area contributed by atoms with E-state index in [2.05, 4.69) is 44.3 Å². The van der Waals surface area contributed by atoms with E-state index in [-0.39, 0.29) is 24.2 Å². The minimum Gasteiger partial charge on any atom is -0.393 e. The van der Waals surface area contributed by atoms with Crippen molar-refractivity contribution in [1.82, 2.24) is 0 Å². The first kappa shape index (κ1) is 34.8. The number of carbonyl (C=O) groups excluding carboxylic acids is 1. The lowest BCUT2D eigenvalue weighted by Crippen LogP contribution is -2.63. The van der Waals surface area contributed by atoms with Crippen molar-refractivity contribution >= 4 is 19.3 Å². The van der Waals surface area contributed by atoms with Crippen molar-refractivity contribution in [3.63, 3.8) is 0 Å². The Kier molecular flexibility index (Phi) is 8.89. The summed E-state index contributed by atoms with van der Waals surface area (Å²) in [5, 5.41) is 25.7. The molecule has 11 heteroatoms. The van der Waals surface area contributed by atoms with E-state index in [0.717, 1.165) is 41.6 Å². The van der Waals surface area contributed by atoms with Gasteiger partial charge in [-0.1, -0.05) is 74.0 Å². The van der Waals surface area contributed by atoms with E-state index in [4.69, 9.17) is 14.0 Å². The molecule has 2 aromatic rings. The van der Waals surface area contributed by atoms with Crippen LogP contribution in [0.3, 0.4) is 0 Å². The predicted molar refractivity (Wildman–Crippen MR) is 183 cm³/mol. The normalized spacial score (nSPS) is 38.0. The Bertz CT molecular complexity index is 1700.